The Bertz CT molecular complexity index is 1290. The van der Waals surface area contributed by atoms with Crippen molar-refractivity contribution in [3.05, 3.63) is 71.8 Å². The molecule has 0 unspecified atom stereocenters. The highest BCUT2D eigenvalue weighted by atomic mass is 16.5. The second-order valence-electron chi connectivity index (χ2n) is 8.63. The number of fused-ring (bicyclic) bond motifs is 4. The van der Waals surface area contributed by atoms with E-state index >= 15 is 0 Å². The summed E-state index contributed by atoms with van der Waals surface area (Å²) in [5.74, 6) is 0.679. The number of rotatable bonds is 6. The van der Waals surface area contributed by atoms with Gasteiger partial charge in [-0.2, -0.15) is 0 Å². The molecule has 1 aliphatic rings. The van der Waals surface area contributed by atoms with E-state index in [0.717, 1.165) is 36.2 Å². The van der Waals surface area contributed by atoms with E-state index in [9.17, 15) is 4.79 Å². The molecule has 1 amide bonds. The molecule has 1 atom stereocenters. The monoisotopic (exact) mass is 426 g/mol. The van der Waals surface area contributed by atoms with E-state index in [1.54, 1.807) is 0 Å². The Kier molecular flexibility index (Phi) is 5.60. The molecule has 32 heavy (non-hydrogen) atoms. The topological polar surface area (TPSA) is 43.3 Å². The van der Waals surface area contributed by atoms with E-state index < -0.39 is 6.10 Å². The Balaban J connectivity index is 1.38. The Morgan fingerprint density at radius 3 is 2.53 bits per heavy atom. The van der Waals surface area contributed by atoms with E-state index in [0.29, 0.717) is 6.42 Å². The largest absolute Gasteiger partial charge is 0.481 e. The van der Waals surface area contributed by atoms with Crippen molar-refractivity contribution in [3.63, 3.8) is 0 Å². The lowest BCUT2D eigenvalue weighted by Crippen LogP contribution is -2.32. The number of aromatic nitrogens is 1. The number of amides is 1. The highest BCUT2D eigenvalue weighted by Gasteiger charge is 2.20. The summed E-state index contributed by atoms with van der Waals surface area (Å²) in [7, 11) is 0. The second-order valence-corrected chi connectivity index (χ2v) is 8.63. The minimum absolute atomic E-state index is 0.108. The molecule has 1 aliphatic carbocycles. The van der Waals surface area contributed by atoms with Gasteiger partial charge in [0, 0.05) is 34.0 Å². The predicted molar refractivity (Wildman–Crippen MR) is 132 cm³/mol. The average Bonchev–Trinajstić information content (AvgIpc) is 3.15. The van der Waals surface area contributed by atoms with Crippen molar-refractivity contribution in [1.82, 2.24) is 4.57 Å². The van der Waals surface area contributed by atoms with Gasteiger partial charge in [0.05, 0.1) is 0 Å². The maximum absolute atomic E-state index is 13.1. The summed E-state index contributed by atoms with van der Waals surface area (Å²) in [6.07, 6.45) is 4.81. The molecule has 1 heterocycles. The van der Waals surface area contributed by atoms with Crippen LogP contribution in [-0.4, -0.2) is 16.6 Å². The van der Waals surface area contributed by atoms with Crippen molar-refractivity contribution in [3.8, 4) is 5.75 Å². The predicted octanol–water partition coefficient (Wildman–Crippen LogP) is 6.49. The van der Waals surface area contributed by atoms with Gasteiger partial charge in [-0.1, -0.05) is 31.2 Å². The van der Waals surface area contributed by atoms with Crippen LogP contribution in [0.15, 0.2) is 60.7 Å². The van der Waals surface area contributed by atoms with Gasteiger partial charge in [-0.05, 0) is 86.6 Å². The third kappa shape index (κ3) is 3.75. The lowest BCUT2D eigenvalue weighted by atomic mass is 9.92. The molecule has 5 rings (SSSR count). The second kappa shape index (κ2) is 8.70. The van der Waals surface area contributed by atoms with Gasteiger partial charge < -0.3 is 14.6 Å². The number of hydrogen-bond acceptors (Lipinski definition) is 2. The summed E-state index contributed by atoms with van der Waals surface area (Å²) in [4.78, 5) is 13.1. The number of benzene rings is 3. The molecule has 164 valence electrons. The summed E-state index contributed by atoms with van der Waals surface area (Å²) < 4.78 is 8.44. The first-order valence-electron chi connectivity index (χ1n) is 11.8. The zero-order valence-electron chi connectivity index (χ0n) is 18.9. The third-order valence-corrected chi connectivity index (χ3v) is 6.62. The average molecular weight is 427 g/mol. The summed E-state index contributed by atoms with van der Waals surface area (Å²) >= 11 is 0. The Morgan fingerprint density at radius 1 is 0.938 bits per heavy atom. The number of ether oxygens (including phenoxy) is 1. The summed E-state index contributed by atoms with van der Waals surface area (Å²) in [6, 6.07) is 20.9. The van der Waals surface area contributed by atoms with E-state index in [1.165, 1.54) is 40.4 Å². The minimum Gasteiger partial charge on any atom is -0.481 e. The van der Waals surface area contributed by atoms with Crippen molar-refractivity contribution in [2.24, 2.45) is 0 Å². The van der Waals surface area contributed by atoms with Crippen LogP contribution in [0.25, 0.3) is 21.8 Å². The van der Waals surface area contributed by atoms with Crippen LogP contribution in [-0.2, 0) is 24.2 Å². The highest BCUT2D eigenvalue weighted by Crippen LogP contribution is 2.31. The number of nitrogens with one attached hydrogen (secondary N) is 1. The fraction of sp³-hybridized carbons (Fsp3) is 0.321. The van der Waals surface area contributed by atoms with Crippen molar-refractivity contribution in [2.45, 2.75) is 58.6 Å². The molecule has 0 spiro atoms. The summed E-state index contributed by atoms with van der Waals surface area (Å²) in [6.45, 7) is 5.05. The smallest absolute Gasteiger partial charge is 0.265 e. The Hall–Kier alpha value is -3.27. The molecule has 3 aromatic carbocycles. The minimum atomic E-state index is -0.524. The lowest BCUT2D eigenvalue weighted by molar-refractivity contribution is -0.122. The maximum atomic E-state index is 13.1. The van der Waals surface area contributed by atoms with Crippen LogP contribution in [0.2, 0.25) is 0 Å². The first kappa shape index (κ1) is 20.6. The van der Waals surface area contributed by atoms with Gasteiger partial charge >= 0.3 is 0 Å². The molecule has 0 saturated carbocycles. The van der Waals surface area contributed by atoms with Crippen molar-refractivity contribution < 1.29 is 9.53 Å². The Morgan fingerprint density at radius 2 is 1.72 bits per heavy atom. The number of carbonyl (C=O) groups excluding carboxylic acids is 1. The zero-order valence-corrected chi connectivity index (χ0v) is 18.9. The summed E-state index contributed by atoms with van der Waals surface area (Å²) in [5, 5.41) is 5.45. The van der Waals surface area contributed by atoms with Crippen LogP contribution < -0.4 is 10.1 Å². The number of nitrogens with zero attached hydrogens (tertiary/aromatic N) is 1. The molecule has 4 nitrogen and oxygen atoms in total. The Labute approximate surface area is 189 Å². The first-order chi connectivity index (χ1) is 15.7. The molecular formula is C28H30N2O2. The quantitative estimate of drug-likeness (QED) is 0.383. The van der Waals surface area contributed by atoms with Crippen LogP contribution in [0.1, 0.15) is 44.2 Å². The fourth-order valence-corrected chi connectivity index (χ4v) is 4.96. The molecule has 0 bridgehead atoms. The molecule has 0 aliphatic heterocycles. The van der Waals surface area contributed by atoms with E-state index in [1.807, 2.05) is 19.1 Å². The number of carbonyl (C=O) groups is 1. The van der Waals surface area contributed by atoms with Crippen LogP contribution in [0.5, 0.6) is 5.75 Å². The fourth-order valence-electron chi connectivity index (χ4n) is 4.96. The van der Waals surface area contributed by atoms with Crippen molar-refractivity contribution in [1.29, 1.82) is 0 Å². The lowest BCUT2D eigenvalue weighted by Gasteiger charge is -2.20. The van der Waals surface area contributed by atoms with Crippen molar-refractivity contribution >= 4 is 33.4 Å². The molecule has 0 fully saturated rings. The van der Waals surface area contributed by atoms with E-state index in [4.69, 9.17) is 4.74 Å². The van der Waals surface area contributed by atoms with Crippen LogP contribution in [0.3, 0.4) is 0 Å². The normalized spacial score (nSPS) is 14.3. The number of anilines is 1. The molecule has 1 aromatic heterocycles. The maximum Gasteiger partial charge on any atom is 0.265 e. The summed E-state index contributed by atoms with van der Waals surface area (Å²) in [5.41, 5.74) is 5.98. The molecule has 1 N–H and O–H groups in total. The molecule has 4 aromatic rings. The van der Waals surface area contributed by atoms with Crippen molar-refractivity contribution in [2.75, 3.05) is 5.32 Å². The first-order valence-corrected chi connectivity index (χ1v) is 11.8. The molecular weight excluding hydrogens is 396 g/mol. The van der Waals surface area contributed by atoms with E-state index in [-0.39, 0.29) is 5.91 Å². The van der Waals surface area contributed by atoms with Gasteiger partial charge in [0.15, 0.2) is 6.10 Å². The van der Waals surface area contributed by atoms with Gasteiger partial charge in [0.2, 0.25) is 0 Å². The van der Waals surface area contributed by atoms with Gasteiger partial charge in [-0.15, -0.1) is 0 Å². The number of aryl methyl sites for hydroxylation is 3. The molecule has 0 radical (unpaired) electrons. The van der Waals surface area contributed by atoms with Crippen LogP contribution in [0, 0.1) is 0 Å². The van der Waals surface area contributed by atoms with E-state index in [2.05, 4.69) is 65.3 Å². The SMILES string of the molecule is CC[C@H](Oc1ccc2c(c1)CCCC2)C(=O)Nc1ccc2c(c1)c1ccccc1n2CC. The van der Waals surface area contributed by atoms with Gasteiger partial charge in [0.1, 0.15) is 5.75 Å². The van der Waals surface area contributed by atoms with Gasteiger partial charge in [-0.3, -0.25) is 4.79 Å². The number of para-hydroxylation sites is 1. The van der Waals surface area contributed by atoms with Crippen LogP contribution >= 0.6 is 0 Å². The number of hydrogen-bond donors (Lipinski definition) is 1. The standard InChI is InChI=1S/C28H30N2O2/c1-3-27(32-22-15-13-19-9-5-6-10-20(19)17-22)28(31)29-21-14-16-26-24(18-21)23-11-7-8-12-25(23)30(26)4-2/h7-8,11-18,27H,3-6,9-10H2,1-2H3,(H,29,31)/t27-/m0/s1. The third-order valence-electron chi connectivity index (χ3n) is 6.62. The van der Waals surface area contributed by atoms with Crippen LogP contribution in [0.4, 0.5) is 5.69 Å². The molecule has 4 heteroatoms. The van der Waals surface area contributed by atoms with Gasteiger partial charge in [-0.25, -0.2) is 0 Å². The zero-order chi connectivity index (χ0) is 22.1. The van der Waals surface area contributed by atoms with Gasteiger partial charge in [0.25, 0.3) is 5.91 Å². The highest BCUT2D eigenvalue weighted by molar-refractivity contribution is 6.10. The molecule has 0 saturated heterocycles.